The molecular formula is C16H24F2N2O2. The van der Waals surface area contributed by atoms with E-state index in [1.54, 1.807) is 6.92 Å². The molecule has 0 heterocycles. The Kier molecular flexibility index (Phi) is 6.74. The first kappa shape index (κ1) is 18.4. The van der Waals surface area contributed by atoms with Crippen molar-refractivity contribution in [3.05, 3.63) is 35.4 Å². The first-order valence-corrected chi connectivity index (χ1v) is 7.35. The van der Waals surface area contributed by atoms with E-state index in [0.717, 1.165) is 25.0 Å². The van der Waals surface area contributed by atoms with Gasteiger partial charge in [-0.3, -0.25) is 0 Å². The summed E-state index contributed by atoms with van der Waals surface area (Å²) in [4.78, 5) is 11.7. The fraction of sp³-hybridized carbons (Fsp3) is 0.562. The molecule has 22 heavy (non-hydrogen) atoms. The zero-order chi connectivity index (χ0) is 16.8. The van der Waals surface area contributed by atoms with Gasteiger partial charge in [0.05, 0.1) is 6.04 Å². The van der Waals surface area contributed by atoms with Crippen molar-refractivity contribution in [2.75, 3.05) is 13.2 Å². The van der Waals surface area contributed by atoms with Gasteiger partial charge in [0.1, 0.15) is 11.6 Å². The Morgan fingerprint density at radius 3 is 2.64 bits per heavy atom. The second-order valence-corrected chi connectivity index (χ2v) is 6.21. The zero-order valence-corrected chi connectivity index (χ0v) is 13.2. The molecule has 0 saturated carbocycles. The van der Waals surface area contributed by atoms with E-state index in [1.165, 1.54) is 6.07 Å². The molecule has 2 amide bonds. The number of carbonyl (C=O) groups is 1. The van der Waals surface area contributed by atoms with Gasteiger partial charge in [0.25, 0.3) is 0 Å². The monoisotopic (exact) mass is 314 g/mol. The predicted molar refractivity (Wildman–Crippen MR) is 81.4 cm³/mol. The minimum Gasteiger partial charge on any atom is -0.396 e. The molecule has 0 radical (unpaired) electrons. The number of carbonyl (C=O) groups excluding carboxylic acids is 1. The summed E-state index contributed by atoms with van der Waals surface area (Å²) in [6.45, 7) is 6.09. The van der Waals surface area contributed by atoms with Crippen molar-refractivity contribution in [3.63, 3.8) is 0 Å². The SMILES string of the molecule is CC(NC(=O)NCCCC(C)(C)CO)c1ccc(F)cc1F. The first-order valence-electron chi connectivity index (χ1n) is 7.35. The van der Waals surface area contributed by atoms with Crippen molar-refractivity contribution in [2.24, 2.45) is 5.41 Å². The molecule has 0 aliphatic carbocycles. The third-order valence-corrected chi connectivity index (χ3v) is 3.52. The highest BCUT2D eigenvalue weighted by Crippen LogP contribution is 2.20. The van der Waals surface area contributed by atoms with Gasteiger partial charge in [-0.05, 0) is 31.2 Å². The Morgan fingerprint density at radius 1 is 1.36 bits per heavy atom. The van der Waals surface area contributed by atoms with Gasteiger partial charge in [-0.2, -0.15) is 0 Å². The molecule has 0 aliphatic heterocycles. The second-order valence-electron chi connectivity index (χ2n) is 6.21. The lowest BCUT2D eigenvalue weighted by atomic mass is 9.89. The Labute approximate surface area is 129 Å². The van der Waals surface area contributed by atoms with Crippen molar-refractivity contribution in [1.82, 2.24) is 10.6 Å². The van der Waals surface area contributed by atoms with Crippen molar-refractivity contribution in [1.29, 1.82) is 0 Å². The number of hydrogen-bond donors (Lipinski definition) is 3. The number of amides is 2. The second kappa shape index (κ2) is 8.08. The molecule has 0 fully saturated rings. The van der Waals surface area contributed by atoms with E-state index < -0.39 is 23.7 Å². The number of aliphatic hydroxyl groups is 1. The molecule has 1 atom stereocenters. The molecule has 0 spiro atoms. The summed E-state index contributed by atoms with van der Waals surface area (Å²) in [5.74, 6) is -1.33. The van der Waals surface area contributed by atoms with Gasteiger partial charge in [0, 0.05) is 24.8 Å². The number of aliphatic hydroxyl groups excluding tert-OH is 1. The molecule has 6 heteroatoms. The van der Waals surface area contributed by atoms with Gasteiger partial charge in [-0.15, -0.1) is 0 Å². The molecule has 0 saturated heterocycles. The van der Waals surface area contributed by atoms with Crippen LogP contribution in [-0.2, 0) is 0 Å². The third kappa shape index (κ3) is 5.97. The number of hydrogen-bond acceptors (Lipinski definition) is 2. The van der Waals surface area contributed by atoms with Crippen molar-refractivity contribution in [2.45, 2.75) is 39.7 Å². The maximum Gasteiger partial charge on any atom is 0.315 e. The van der Waals surface area contributed by atoms with Crippen LogP contribution in [0.2, 0.25) is 0 Å². The van der Waals surface area contributed by atoms with E-state index in [1.807, 2.05) is 13.8 Å². The summed E-state index contributed by atoms with van der Waals surface area (Å²) < 4.78 is 26.4. The van der Waals surface area contributed by atoms with Gasteiger partial charge in [-0.1, -0.05) is 19.9 Å². The van der Waals surface area contributed by atoms with Crippen molar-refractivity contribution >= 4 is 6.03 Å². The highest BCUT2D eigenvalue weighted by Gasteiger charge is 2.16. The number of benzene rings is 1. The van der Waals surface area contributed by atoms with Crippen LogP contribution in [-0.4, -0.2) is 24.3 Å². The largest absolute Gasteiger partial charge is 0.396 e. The standard InChI is InChI=1S/C16H24F2N2O2/c1-11(13-6-5-12(17)9-14(13)18)20-15(22)19-8-4-7-16(2,3)10-21/h5-6,9,11,21H,4,7-8,10H2,1-3H3,(H2,19,20,22). The normalized spacial score (nSPS) is 12.8. The average molecular weight is 314 g/mol. The van der Waals surface area contributed by atoms with Crippen LogP contribution in [0.5, 0.6) is 0 Å². The van der Waals surface area contributed by atoms with Crippen LogP contribution in [0.25, 0.3) is 0 Å². The van der Waals surface area contributed by atoms with Crippen LogP contribution >= 0.6 is 0 Å². The maximum atomic E-state index is 13.6. The molecule has 1 unspecified atom stereocenters. The van der Waals surface area contributed by atoms with Crippen LogP contribution in [0.15, 0.2) is 18.2 Å². The van der Waals surface area contributed by atoms with Gasteiger partial charge < -0.3 is 15.7 Å². The fourth-order valence-electron chi connectivity index (χ4n) is 2.03. The summed E-state index contributed by atoms with van der Waals surface area (Å²) in [6.07, 6.45) is 1.52. The lowest BCUT2D eigenvalue weighted by Crippen LogP contribution is -2.38. The molecule has 0 bridgehead atoms. The molecule has 124 valence electrons. The third-order valence-electron chi connectivity index (χ3n) is 3.52. The number of rotatable bonds is 7. The average Bonchev–Trinajstić information content (AvgIpc) is 2.43. The van der Waals surface area contributed by atoms with Crippen molar-refractivity contribution < 1.29 is 18.7 Å². The summed E-state index contributed by atoms with van der Waals surface area (Å²) in [7, 11) is 0. The van der Waals surface area contributed by atoms with E-state index in [-0.39, 0.29) is 17.6 Å². The fourth-order valence-corrected chi connectivity index (χ4v) is 2.03. The van der Waals surface area contributed by atoms with Crippen LogP contribution in [0, 0.1) is 17.0 Å². The molecule has 3 N–H and O–H groups in total. The summed E-state index contributed by atoms with van der Waals surface area (Å²) >= 11 is 0. The molecule has 0 aromatic heterocycles. The number of halogens is 2. The first-order chi connectivity index (χ1) is 10.2. The predicted octanol–water partition coefficient (Wildman–Crippen LogP) is 3.12. The zero-order valence-electron chi connectivity index (χ0n) is 13.2. The van der Waals surface area contributed by atoms with E-state index in [2.05, 4.69) is 10.6 Å². The lowest BCUT2D eigenvalue weighted by molar-refractivity contribution is 0.148. The van der Waals surface area contributed by atoms with Crippen molar-refractivity contribution in [3.8, 4) is 0 Å². The smallest absolute Gasteiger partial charge is 0.315 e. The Bertz CT molecular complexity index is 507. The van der Waals surface area contributed by atoms with E-state index in [0.29, 0.717) is 6.54 Å². The molecule has 1 aromatic carbocycles. The lowest BCUT2D eigenvalue weighted by Gasteiger charge is -2.21. The Balaban J connectivity index is 2.38. The Hall–Kier alpha value is -1.69. The highest BCUT2D eigenvalue weighted by atomic mass is 19.1. The van der Waals surface area contributed by atoms with Gasteiger partial charge >= 0.3 is 6.03 Å². The number of nitrogens with one attached hydrogen (secondary N) is 2. The van der Waals surface area contributed by atoms with Gasteiger partial charge in [0.2, 0.25) is 0 Å². The Morgan fingerprint density at radius 2 is 2.05 bits per heavy atom. The van der Waals surface area contributed by atoms with Gasteiger partial charge in [0.15, 0.2) is 0 Å². The minimum absolute atomic E-state index is 0.0973. The minimum atomic E-state index is -0.683. The molecular weight excluding hydrogens is 290 g/mol. The quantitative estimate of drug-likeness (QED) is 0.677. The summed E-state index contributed by atoms with van der Waals surface area (Å²) in [6, 6.07) is 2.31. The van der Waals surface area contributed by atoms with E-state index in [4.69, 9.17) is 5.11 Å². The van der Waals surface area contributed by atoms with Crippen LogP contribution in [0.1, 0.15) is 45.2 Å². The summed E-state index contributed by atoms with van der Waals surface area (Å²) in [5, 5.41) is 14.4. The molecule has 1 rings (SSSR count). The topological polar surface area (TPSA) is 61.4 Å². The van der Waals surface area contributed by atoms with Crippen LogP contribution < -0.4 is 10.6 Å². The van der Waals surface area contributed by atoms with Crippen LogP contribution in [0.3, 0.4) is 0 Å². The summed E-state index contributed by atoms with van der Waals surface area (Å²) in [5.41, 5.74) is 0.0702. The van der Waals surface area contributed by atoms with E-state index in [9.17, 15) is 13.6 Å². The van der Waals surface area contributed by atoms with Crippen LogP contribution in [0.4, 0.5) is 13.6 Å². The van der Waals surface area contributed by atoms with E-state index >= 15 is 0 Å². The van der Waals surface area contributed by atoms with Gasteiger partial charge in [-0.25, -0.2) is 13.6 Å². The molecule has 4 nitrogen and oxygen atoms in total. The highest BCUT2D eigenvalue weighted by molar-refractivity contribution is 5.74. The number of urea groups is 1. The molecule has 0 aliphatic rings. The maximum absolute atomic E-state index is 13.6. The molecule has 1 aromatic rings.